The first-order valence-electron chi connectivity index (χ1n) is 7.47. The highest BCUT2D eigenvalue weighted by Gasteiger charge is 2.24. The first-order valence-corrected chi connectivity index (χ1v) is 8.95. The van der Waals surface area contributed by atoms with Crippen LogP contribution in [-0.4, -0.2) is 18.4 Å². The summed E-state index contributed by atoms with van der Waals surface area (Å²) in [4.78, 5) is 8.24. The number of nitrogens with one attached hydrogen (secondary N) is 1. The molecule has 0 amide bonds. The molecule has 1 unspecified atom stereocenters. The Bertz CT molecular complexity index is 896. The van der Waals surface area contributed by atoms with Crippen LogP contribution in [0, 0.1) is 6.92 Å². The van der Waals surface area contributed by atoms with Gasteiger partial charge in [0, 0.05) is 12.4 Å². The SMILES string of the molecule is Cc1ccc(C(NS(=O)(=O)c2ccccn2)c2ccccn2)cc1. The van der Waals surface area contributed by atoms with Crippen LogP contribution in [0.5, 0.6) is 0 Å². The van der Waals surface area contributed by atoms with Crippen molar-refractivity contribution in [2.45, 2.75) is 18.0 Å². The molecule has 1 aromatic carbocycles. The number of aryl methyl sites for hydroxylation is 1. The molecule has 2 aromatic heterocycles. The van der Waals surface area contributed by atoms with E-state index < -0.39 is 16.1 Å². The highest BCUT2D eigenvalue weighted by Crippen LogP contribution is 2.23. The van der Waals surface area contributed by atoms with E-state index in [4.69, 9.17) is 0 Å². The number of sulfonamides is 1. The topological polar surface area (TPSA) is 72.0 Å². The number of pyridine rings is 2. The van der Waals surface area contributed by atoms with Crippen LogP contribution in [0.2, 0.25) is 0 Å². The number of rotatable bonds is 5. The summed E-state index contributed by atoms with van der Waals surface area (Å²) in [5.41, 5.74) is 2.55. The molecule has 3 rings (SSSR count). The fourth-order valence-corrected chi connectivity index (χ4v) is 3.47. The smallest absolute Gasteiger partial charge is 0.258 e. The van der Waals surface area contributed by atoms with Crippen LogP contribution in [0.3, 0.4) is 0 Å². The van der Waals surface area contributed by atoms with Gasteiger partial charge in [-0.3, -0.25) is 4.98 Å². The number of aromatic nitrogens is 2. The summed E-state index contributed by atoms with van der Waals surface area (Å²) in [5.74, 6) is 0. The van der Waals surface area contributed by atoms with Gasteiger partial charge in [-0.15, -0.1) is 0 Å². The predicted molar refractivity (Wildman–Crippen MR) is 91.8 cm³/mol. The van der Waals surface area contributed by atoms with Crippen LogP contribution in [0.1, 0.15) is 22.9 Å². The van der Waals surface area contributed by atoms with E-state index in [2.05, 4.69) is 14.7 Å². The lowest BCUT2D eigenvalue weighted by atomic mass is 10.0. The lowest BCUT2D eigenvalue weighted by Crippen LogP contribution is -2.30. The molecule has 0 spiro atoms. The van der Waals surface area contributed by atoms with Crippen molar-refractivity contribution in [3.8, 4) is 0 Å². The summed E-state index contributed by atoms with van der Waals surface area (Å²) in [5, 5.41) is -0.0157. The number of benzene rings is 1. The molecule has 6 heteroatoms. The van der Waals surface area contributed by atoms with Crippen LogP contribution >= 0.6 is 0 Å². The Balaban J connectivity index is 2.01. The van der Waals surface area contributed by atoms with E-state index in [1.807, 2.05) is 37.3 Å². The minimum Gasteiger partial charge on any atom is -0.259 e. The Morgan fingerprint density at radius 3 is 2.12 bits per heavy atom. The van der Waals surface area contributed by atoms with Crippen LogP contribution in [-0.2, 0) is 10.0 Å². The number of hydrogen-bond donors (Lipinski definition) is 1. The van der Waals surface area contributed by atoms with E-state index in [-0.39, 0.29) is 5.03 Å². The summed E-state index contributed by atoms with van der Waals surface area (Å²) >= 11 is 0. The molecular formula is C18H17N3O2S. The van der Waals surface area contributed by atoms with E-state index in [1.165, 1.54) is 12.3 Å². The molecule has 2 heterocycles. The minimum atomic E-state index is -3.77. The van der Waals surface area contributed by atoms with Crippen molar-refractivity contribution in [2.24, 2.45) is 0 Å². The molecule has 1 N–H and O–H groups in total. The molecule has 122 valence electrons. The third-order valence-electron chi connectivity index (χ3n) is 3.58. The number of nitrogens with zero attached hydrogens (tertiary/aromatic N) is 2. The highest BCUT2D eigenvalue weighted by atomic mass is 32.2. The average molecular weight is 339 g/mol. The second-order valence-corrected chi connectivity index (χ2v) is 7.05. The van der Waals surface area contributed by atoms with Gasteiger partial charge in [0.05, 0.1) is 11.7 Å². The fraction of sp³-hybridized carbons (Fsp3) is 0.111. The largest absolute Gasteiger partial charge is 0.259 e. The summed E-state index contributed by atoms with van der Waals surface area (Å²) in [7, 11) is -3.77. The molecule has 24 heavy (non-hydrogen) atoms. The quantitative estimate of drug-likeness (QED) is 0.776. The highest BCUT2D eigenvalue weighted by molar-refractivity contribution is 7.89. The van der Waals surface area contributed by atoms with Crippen molar-refractivity contribution >= 4 is 10.0 Å². The summed E-state index contributed by atoms with van der Waals surface area (Å²) in [6.45, 7) is 1.98. The zero-order chi connectivity index (χ0) is 17.0. The molecule has 5 nitrogen and oxygen atoms in total. The third-order valence-corrected chi connectivity index (χ3v) is 4.92. The van der Waals surface area contributed by atoms with Gasteiger partial charge in [-0.05, 0) is 36.8 Å². The van der Waals surface area contributed by atoms with Gasteiger partial charge in [0.2, 0.25) is 0 Å². The minimum absolute atomic E-state index is 0.0157. The molecule has 0 fully saturated rings. The predicted octanol–water partition coefficient (Wildman–Crippen LogP) is 2.85. The van der Waals surface area contributed by atoms with Gasteiger partial charge in [0.15, 0.2) is 5.03 Å². The van der Waals surface area contributed by atoms with Crippen molar-refractivity contribution in [3.63, 3.8) is 0 Å². The van der Waals surface area contributed by atoms with Gasteiger partial charge in [-0.2, -0.15) is 4.72 Å². The van der Waals surface area contributed by atoms with Crippen LogP contribution in [0.4, 0.5) is 0 Å². The monoisotopic (exact) mass is 339 g/mol. The lowest BCUT2D eigenvalue weighted by molar-refractivity contribution is 0.566. The van der Waals surface area contributed by atoms with E-state index in [9.17, 15) is 8.42 Å². The Morgan fingerprint density at radius 1 is 0.875 bits per heavy atom. The third kappa shape index (κ3) is 3.67. The second-order valence-electron chi connectivity index (χ2n) is 5.39. The molecule has 0 aliphatic carbocycles. The first kappa shape index (κ1) is 16.3. The second kappa shape index (κ2) is 6.90. The summed E-state index contributed by atoms with van der Waals surface area (Å²) in [6, 6.07) is 17.3. The summed E-state index contributed by atoms with van der Waals surface area (Å²) < 4.78 is 28.0. The molecule has 0 radical (unpaired) electrons. The Morgan fingerprint density at radius 2 is 1.54 bits per heavy atom. The van der Waals surface area contributed by atoms with Gasteiger partial charge in [0.25, 0.3) is 10.0 Å². The van der Waals surface area contributed by atoms with Crippen molar-refractivity contribution in [3.05, 3.63) is 89.9 Å². The Kier molecular flexibility index (Phi) is 4.69. The van der Waals surface area contributed by atoms with E-state index in [0.29, 0.717) is 5.69 Å². The van der Waals surface area contributed by atoms with Crippen LogP contribution in [0.15, 0.2) is 78.1 Å². The maximum atomic E-state index is 12.7. The lowest BCUT2D eigenvalue weighted by Gasteiger charge is -2.18. The molecular weight excluding hydrogens is 322 g/mol. The zero-order valence-corrected chi connectivity index (χ0v) is 13.9. The maximum absolute atomic E-state index is 12.7. The van der Waals surface area contributed by atoms with E-state index in [1.54, 1.807) is 30.5 Å². The zero-order valence-electron chi connectivity index (χ0n) is 13.1. The first-order chi connectivity index (χ1) is 11.6. The fourth-order valence-electron chi connectivity index (χ4n) is 2.33. The van der Waals surface area contributed by atoms with E-state index in [0.717, 1.165) is 11.1 Å². The van der Waals surface area contributed by atoms with Gasteiger partial charge in [0.1, 0.15) is 0 Å². The van der Waals surface area contributed by atoms with Gasteiger partial charge < -0.3 is 0 Å². The molecule has 0 saturated heterocycles. The van der Waals surface area contributed by atoms with E-state index >= 15 is 0 Å². The van der Waals surface area contributed by atoms with Gasteiger partial charge in [-0.1, -0.05) is 42.0 Å². The standard InChI is InChI=1S/C18H17N3O2S/c1-14-8-10-15(11-9-14)18(16-6-2-4-12-19-16)21-24(22,23)17-7-3-5-13-20-17/h2-13,18,21H,1H3. The molecule has 0 aliphatic rings. The molecule has 0 aliphatic heterocycles. The Labute approximate surface area is 141 Å². The van der Waals surface area contributed by atoms with Crippen molar-refractivity contribution in [2.75, 3.05) is 0 Å². The maximum Gasteiger partial charge on any atom is 0.258 e. The molecule has 0 bridgehead atoms. The Hall–Kier alpha value is -2.57. The van der Waals surface area contributed by atoms with Crippen molar-refractivity contribution in [1.29, 1.82) is 0 Å². The molecule has 1 atom stereocenters. The number of hydrogen-bond acceptors (Lipinski definition) is 4. The van der Waals surface area contributed by atoms with Crippen molar-refractivity contribution < 1.29 is 8.42 Å². The van der Waals surface area contributed by atoms with Gasteiger partial charge in [-0.25, -0.2) is 13.4 Å². The van der Waals surface area contributed by atoms with Crippen LogP contribution in [0.25, 0.3) is 0 Å². The van der Waals surface area contributed by atoms with Crippen molar-refractivity contribution in [1.82, 2.24) is 14.7 Å². The molecule has 0 saturated carbocycles. The van der Waals surface area contributed by atoms with Gasteiger partial charge >= 0.3 is 0 Å². The summed E-state index contributed by atoms with van der Waals surface area (Å²) in [6.07, 6.45) is 3.10. The van der Waals surface area contributed by atoms with Crippen LogP contribution < -0.4 is 4.72 Å². The normalized spacial score (nSPS) is 12.7. The average Bonchev–Trinajstić information content (AvgIpc) is 2.62. The molecule has 3 aromatic rings.